The molecule has 1 aromatic rings. The fourth-order valence-electron chi connectivity index (χ4n) is 2.99. The van der Waals surface area contributed by atoms with Crippen LogP contribution in [0.2, 0.25) is 0 Å². The third-order valence-electron chi connectivity index (χ3n) is 4.01. The molecule has 20 heavy (non-hydrogen) atoms. The number of methoxy groups -OCH3 is 1. The summed E-state index contributed by atoms with van der Waals surface area (Å²) in [6.45, 7) is 4.08. The van der Waals surface area contributed by atoms with E-state index in [2.05, 4.69) is 24.4 Å². The number of para-hydroxylation sites is 1. The van der Waals surface area contributed by atoms with Crippen LogP contribution in [0, 0.1) is 0 Å². The minimum Gasteiger partial charge on any atom is -0.496 e. The maximum Gasteiger partial charge on any atom is 0.123 e. The van der Waals surface area contributed by atoms with E-state index in [0.29, 0.717) is 12.1 Å². The van der Waals surface area contributed by atoms with Gasteiger partial charge in [-0.05, 0) is 44.7 Å². The van der Waals surface area contributed by atoms with E-state index < -0.39 is 0 Å². The molecule has 1 aliphatic rings. The highest BCUT2D eigenvalue weighted by atomic mass is 16.5. The van der Waals surface area contributed by atoms with Crippen molar-refractivity contribution >= 4 is 0 Å². The molecule has 0 saturated carbocycles. The zero-order chi connectivity index (χ0) is 14.2. The number of ether oxygens (including phenoxy) is 2. The highest BCUT2D eigenvalue weighted by Gasteiger charge is 2.18. The summed E-state index contributed by atoms with van der Waals surface area (Å²) >= 11 is 0. The second-order valence-electron chi connectivity index (χ2n) is 5.42. The van der Waals surface area contributed by atoms with Gasteiger partial charge < -0.3 is 14.8 Å². The number of rotatable bonds is 8. The van der Waals surface area contributed by atoms with Crippen LogP contribution in [0.5, 0.6) is 5.75 Å². The predicted octanol–water partition coefficient (Wildman–Crippen LogP) is 3.70. The van der Waals surface area contributed by atoms with Gasteiger partial charge in [-0.3, -0.25) is 0 Å². The lowest BCUT2D eigenvalue weighted by Crippen LogP contribution is -2.22. The van der Waals surface area contributed by atoms with Crippen molar-refractivity contribution in [3.63, 3.8) is 0 Å². The highest BCUT2D eigenvalue weighted by Crippen LogP contribution is 2.29. The molecule has 0 radical (unpaired) electrons. The molecular formula is C17H27NO2. The van der Waals surface area contributed by atoms with Crippen molar-refractivity contribution in [3.05, 3.63) is 29.8 Å². The molecule has 2 unspecified atom stereocenters. The first-order valence-electron chi connectivity index (χ1n) is 7.83. The Morgan fingerprint density at radius 1 is 1.40 bits per heavy atom. The molecule has 1 aliphatic heterocycles. The van der Waals surface area contributed by atoms with Crippen LogP contribution in [0.15, 0.2) is 24.3 Å². The minimum atomic E-state index is 0.373. The van der Waals surface area contributed by atoms with Crippen LogP contribution in [0.1, 0.15) is 50.6 Å². The smallest absolute Gasteiger partial charge is 0.123 e. The third-order valence-corrected chi connectivity index (χ3v) is 4.01. The first kappa shape index (κ1) is 15.3. The van der Waals surface area contributed by atoms with E-state index in [0.717, 1.165) is 25.3 Å². The van der Waals surface area contributed by atoms with Gasteiger partial charge in [0.15, 0.2) is 0 Å². The van der Waals surface area contributed by atoms with Crippen LogP contribution < -0.4 is 10.1 Å². The van der Waals surface area contributed by atoms with Gasteiger partial charge in [0.25, 0.3) is 0 Å². The van der Waals surface area contributed by atoms with Crippen LogP contribution in [-0.4, -0.2) is 26.4 Å². The molecule has 0 amide bonds. The van der Waals surface area contributed by atoms with Crippen molar-refractivity contribution in [1.29, 1.82) is 0 Å². The Balaban J connectivity index is 1.91. The number of hydrogen-bond acceptors (Lipinski definition) is 3. The van der Waals surface area contributed by atoms with Gasteiger partial charge in [0, 0.05) is 18.2 Å². The van der Waals surface area contributed by atoms with Crippen LogP contribution in [0.25, 0.3) is 0 Å². The fourth-order valence-corrected chi connectivity index (χ4v) is 2.99. The van der Waals surface area contributed by atoms with Crippen molar-refractivity contribution < 1.29 is 9.47 Å². The summed E-state index contributed by atoms with van der Waals surface area (Å²) in [5.41, 5.74) is 1.27. The molecule has 1 heterocycles. The molecule has 1 fully saturated rings. The lowest BCUT2D eigenvalue weighted by molar-refractivity contribution is 0.101. The summed E-state index contributed by atoms with van der Waals surface area (Å²) in [4.78, 5) is 0. The largest absolute Gasteiger partial charge is 0.496 e. The minimum absolute atomic E-state index is 0.373. The number of hydrogen-bond donors (Lipinski definition) is 1. The molecule has 1 saturated heterocycles. The zero-order valence-corrected chi connectivity index (χ0v) is 12.7. The fraction of sp³-hybridized carbons (Fsp3) is 0.647. The molecule has 112 valence electrons. The summed E-state index contributed by atoms with van der Waals surface area (Å²) in [7, 11) is 1.74. The van der Waals surface area contributed by atoms with Crippen LogP contribution >= 0.6 is 0 Å². The quantitative estimate of drug-likeness (QED) is 0.786. The summed E-state index contributed by atoms with van der Waals surface area (Å²) < 4.78 is 11.2. The molecule has 1 N–H and O–H groups in total. The Morgan fingerprint density at radius 3 is 2.95 bits per heavy atom. The Labute approximate surface area is 122 Å². The van der Waals surface area contributed by atoms with Crippen molar-refractivity contribution in [2.75, 3.05) is 20.3 Å². The Kier molecular flexibility index (Phi) is 6.34. The van der Waals surface area contributed by atoms with Gasteiger partial charge in [0.1, 0.15) is 5.75 Å². The van der Waals surface area contributed by atoms with E-state index in [1.165, 1.54) is 31.2 Å². The summed E-state index contributed by atoms with van der Waals surface area (Å²) in [5, 5.41) is 3.58. The molecule has 0 spiro atoms. The summed E-state index contributed by atoms with van der Waals surface area (Å²) in [6.07, 6.45) is 6.47. The number of nitrogens with one attached hydrogen (secondary N) is 1. The van der Waals surface area contributed by atoms with Crippen molar-refractivity contribution in [2.45, 2.75) is 51.2 Å². The molecule has 1 aromatic carbocycles. The van der Waals surface area contributed by atoms with Crippen LogP contribution in [0.3, 0.4) is 0 Å². The molecule has 3 heteroatoms. The number of benzene rings is 1. The van der Waals surface area contributed by atoms with E-state index >= 15 is 0 Å². The van der Waals surface area contributed by atoms with Gasteiger partial charge in [-0.15, -0.1) is 0 Å². The van der Waals surface area contributed by atoms with Crippen molar-refractivity contribution in [2.24, 2.45) is 0 Å². The topological polar surface area (TPSA) is 30.5 Å². The molecule has 0 aromatic heterocycles. The molecular weight excluding hydrogens is 250 g/mol. The van der Waals surface area contributed by atoms with E-state index in [9.17, 15) is 0 Å². The Hall–Kier alpha value is -1.06. The summed E-state index contributed by atoms with van der Waals surface area (Å²) in [6, 6.07) is 8.69. The molecule has 2 atom stereocenters. The van der Waals surface area contributed by atoms with Gasteiger partial charge in [0.05, 0.1) is 13.2 Å². The van der Waals surface area contributed by atoms with Gasteiger partial charge in [-0.25, -0.2) is 0 Å². The second-order valence-corrected chi connectivity index (χ2v) is 5.42. The van der Waals surface area contributed by atoms with Crippen molar-refractivity contribution in [1.82, 2.24) is 5.32 Å². The zero-order valence-electron chi connectivity index (χ0n) is 12.7. The monoisotopic (exact) mass is 277 g/mol. The Bertz CT molecular complexity index is 388. The normalized spacial score (nSPS) is 20.0. The van der Waals surface area contributed by atoms with E-state index in [1.807, 2.05) is 12.1 Å². The lowest BCUT2D eigenvalue weighted by atomic mass is 9.98. The first-order valence-corrected chi connectivity index (χ1v) is 7.83. The van der Waals surface area contributed by atoms with Gasteiger partial charge in [-0.1, -0.05) is 25.1 Å². The lowest BCUT2D eigenvalue weighted by Gasteiger charge is -2.21. The molecule has 0 bridgehead atoms. The summed E-state index contributed by atoms with van der Waals surface area (Å²) in [5.74, 6) is 0.982. The SMILES string of the molecule is CCNC(CCCC1CCCO1)c1ccccc1OC. The molecule has 3 nitrogen and oxygen atoms in total. The van der Waals surface area contributed by atoms with Gasteiger partial charge >= 0.3 is 0 Å². The van der Waals surface area contributed by atoms with Crippen LogP contribution in [-0.2, 0) is 4.74 Å². The van der Waals surface area contributed by atoms with Gasteiger partial charge in [0.2, 0.25) is 0 Å². The van der Waals surface area contributed by atoms with E-state index in [1.54, 1.807) is 7.11 Å². The van der Waals surface area contributed by atoms with E-state index in [-0.39, 0.29) is 0 Å². The predicted molar refractivity (Wildman–Crippen MR) is 82.2 cm³/mol. The maximum atomic E-state index is 5.70. The molecule has 2 rings (SSSR count). The van der Waals surface area contributed by atoms with Gasteiger partial charge in [-0.2, -0.15) is 0 Å². The van der Waals surface area contributed by atoms with E-state index in [4.69, 9.17) is 9.47 Å². The first-order chi connectivity index (χ1) is 9.85. The molecule has 0 aliphatic carbocycles. The second kappa shape index (κ2) is 8.28. The standard InChI is InChI=1S/C17H27NO2/c1-3-18-16(11-6-8-14-9-7-13-20-14)15-10-4-5-12-17(15)19-2/h4-5,10,12,14,16,18H,3,6-9,11,13H2,1-2H3. The highest BCUT2D eigenvalue weighted by molar-refractivity contribution is 5.35. The average Bonchev–Trinajstić information content (AvgIpc) is 2.99. The average molecular weight is 277 g/mol. The maximum absolute atomic E-state index is 5.70. The van der Waals surface area contributed by atoms with Crippen LogP contribution in [0.4, 0.5) is 0 Å². The Morgan fingerprint density at radius 2 is 2.25 bits per heavy atom. The van der Waals surface area contributed by atoms with Crippen molar-refractivity contribution in [3.8, 4) is 5.75 Å². The third kappa shape index (κ3) is 4.22.